The van der Waals surface area contributed by atoms with Crippen LogP contribution in [-0.2, 0) is 25.6 Å². The summed E-state index contributed by atoms with van der Waals surface area (Å²) in [6.45, 7) is -1.33. The highest BCUT2D eigenvalue weighted by Crippen LogP contribution is 2.02. The lowest BCUT2D eigenvalue weighted by Gasteiger charge is -2.22. The second kappa shape index (κ2) is 12.0. The minimum Gasteiger partial charge on any atom is -0.480 e. The lowest BCUT2D eigenvalue weighted by atomic mass is 10.1. The molecule has 0 aliphatic rings. The van der Waals surface area contributed by atoms with Crippen molar-refractivity contribution in [2.45, 2.75) is 24.5 Å². The number of carboxylic acid groups (broad SMARTS) is 1. The first kappa shape index (κ1) is 23.4. The Labute approximate surface area is 167 Å². The van der Waals surface area contributed by atoms with Crippen LogP contribution in [0.25, 0.3) is 0 Å². The first-order valence-corrected chi connectivity index (χ1v) is 9.03. The number of hydrogen-bond donors (Lipinski definition) is 7. The summed E-state index contributed by atoms with van der Waals surface area (Å²) in [7, 11) is 0. The minimum atomic E-state index is -1.33. The van der Waals surface area contributed by atoms with Crippen molar-refractivity contribution in [1.82, 2.24) is 16.0 Å². The average molecular weight is 412 g/mol. The van der Waals surface area contributed by atoms with E-state index in [1.165, 1.54) is 0 Å². The fourth-order valence-electron chi connectivity index (χ4n) is 2.19. The Morgan fingerprint density at radius 3 is 2.14 bits per heavy atom. The van der Waals surface area contributed by atoms with Crippen molar-refractivity contribution in [2.75, 3.05) is 18.9 Å². The van der Waals surface area contributed by atoms with Gasteiger partial charge in [0.15, 0.2) is 0 Å². The molecule has 0 saturated heterocycles. The number of benzene rings is 1. The predicted molar refractivity (Wildman–Crippen MR) is 104 cm³/mol. The minimum absolute atomic E-state index is 0.114. The third kappa shape index (κ3) is 7.94. The second-order valence-corrected chi connectivity index (χ2v) is 6.26. The number of rotatable bonds is 11. The molecule has 1 rings (SSSR count). The number of carboxylic acids is 1. The summed E-state index contributed by atoms with van der Waals surface area (Å²) in [6, 6.07) is 5.62. The molecular weight excluding hydrogens is 388 g/mol. The molecule has 0 aromatic heterocycles. The van der Waals surface area contributed by atoms with Crippen LogP contribution in [0.4, 0.5) is 0 Å². The third-order valence-corrected chi connectivity index (χ3v) is 4.05. The first-order chi connectivity index (χ1) is 13.3. The van der Waals surface area contributed by atoms with Gasteiger partial charge in [0.05, 0.1) is 12.6 Å². The number of nitrogens with one attached hydrogen (secondary N) is 3. The van der Waals surface area contributed by atoms with Gasteiger partial charge < -0.3 is 31.9 Å². The largest absolute Gasteiger partial charge is 0.480 e. The fourth-order valence-corrected chi connectivity index (χ4v) is 2.44. The molecule has 0 aliphatic heterocycles. The maximum absolute atomic E-state index is 12.2. The number of amides is 3. The number of nitrogens with two attached hydrogens (primary N) is 1. The molecule has 3 unspecified atom stereocenters. The van der Waals surface area contributed by atoms with Gasteiger partial charge in [-0.05, 0) is 12.0 Å². The molecule has 11 heteroatoms. The van der Waals surface area contributed by atoms with E-state index in [1.807, 2.05) is 6.07 Å². The zero-order valence-electron chi connectivity index (χ0n) is 15.0. The molecule has 1 aromatic rings. The summed E-state index contributed by atoms with van der Waals surface area (Å²) in [6.07, 6.45) is 0.239. The van der Waals surface area contributed by atoms with E-state index in [0.29, 0.717) is 0 Å². The van der Waals surface area contributed by atoms with Gasteiger partial charge in [-0.15, -0.1) is 0 Å². The van der Waals surface area contributed by atoms with Crippen molar-refractivity contribution in [3.05, 3.63) is 35.9 Å². The number of carbonyl (C=O) groups is 4. The predicted octanol–water partition coefficient (Wildman–Crippen LogP) is -2.35. The van der Waals surface area contributed by atoms with E-state index in [9.17, 15) is 24.3 Å². The van der Waals surface area contributed by atoms with Crippen molar-refractivity contribution in [2.24, 2.45) is 5.73 Å². The smallest absolute Gasteiger partial charge is 0.322 e. The molecule has 0 saturated carbocycles. The van der Waals surface area contributed by atoms with Gasteiger partial charge in [0.1, 0.15) is 18.6 Å². The van der Waals surface area contributed by atoms with E-state index in [2.05, 4.69) is 28.6 Å². The van der Waals surface area contributed by atoms with Crippen molar-refractivity contribution < 1.29 is 29.4 Å². The van der Waals surface area contributed by atoms with E-state index in [1.54, 1.807) is 24.3 Å². The van der Waals surface area contributed by atoms with E-state index in [-0.39, 0.29) is 12.2 Å². The fraction of sp³-hybridized carbons (Fsp3) is 0.412. The maximum atomic E-state index is 12.2. The lowest BCUT2D eigenvalue weighted by molar-refractivity contribution is -0.138. The van der Waals surface area contributed by atoms with Crippen molar-refractivity contribution in [3.63, 3.8) is 0 Å². The monoisotopic (exact) mass is 412 g/mol. The number of aliphatic hydroxyl groups excluding tert-OH is 1. The Morgan fingerprint density at radius 1 is 1.00 bits per heavy atom. The number of hydrogen-bond acceptors (Lipinski definition) is 7. The van der Waals surface area contributed by atoms with E-state index >= 15 is 0 Å². The standard InChI is InChI=1S/C17H24N4O6S/c18-11(6-10-4-2-1-3-5-10)15(25)20-12(8-22)17(27)21-13(9-28)16(26)19-7-14(23)24/h1-5,11-13,22,28H,6-9,18H2,(H,19,26)(H,20,25)(H,21,27)(H,23,24). The van der Waals surface area contributed by atoms with Crippen LogP contribution in [0.3, 0.4) is 0 Å². The van der Waals surface area contributed by atoms with E-state index in [0.717, 1.165) is 5.56 Å². The molecule has 3 amide bonds. The summed E-state index contributed by atoms with van der Waals surface area (Å²) in [4.78, 5) is 46.8. The first-order valence-electron chi connectivity index (χ1n) is 8.40. The van der Waals surface area contributed by atoms with E-state index < -0.39 is 55.0 Å². The molecular formula is C17H24N4O6S. The number of carbonyl (C=O) groups excluding carboxylic acids is 3. The molecule has 0 bridgehead atoms. The van der Waals surface area contributed by atoms with E-state index in [4.69, 9.17) is 10.8 Å². The lowest BCUT2D eigenvalue weighted by Crippen LogP contribution is -2.57. The van der Waals surface area contributed by atoms with Crippen molar-refractivity contribution >= 4 is 36.3 Å². The van der Waals surface area contributed by atoms with Gasteiger partial charge >= 0.3 is 5.97 Å². The number of thiol groups is 1. The zero-order valence-corrected chi connectivity index (χ0v) is 15.9. The van der Waals surface area contributed by atoms with Gasteiger partial charge in [0.2, 0.25) is 17.7 Å². The van der Waals surface area contributed by atoms with Gasteiger partial charge in [-0.1, -0.05) is 30.3 Å². The summed E-state index contributed by atoms with van der Waals surface area (Å²) >= 11 is 3.94. The van der Waals surface area contributed by atoms with Crippen molar-refractivity contribution in [3.8, 4) is 0 Å². The van der Waals surface area contributed by atoms with Crippen LogP contribution in [0.5, 0.6) is 0 Å². The number of aliphatic hydroxyl groups is 1. The van der Waals surface area contributed by atoms with Gasteiger partial charge in [-0.2, -0.15) is 12.6 Å². The van der Waals surface area contributed by atoms with Crippen LogP contribution in [-0.4, -0.2) is 70.9 Å². The van der Waals surface area contributed by atoms with Crippen molar-refractivity contribution in [1.29, 1.82) is 0 Å². The molecule has 10 nitrogen and oxygen atoms in total. The molecule has 0 fully saturated rings. The summed E-state index contributed by atoms with van der Waals surface area (Å²) in [5.74, 6) is -3.58. The van der Waals surface area contributed by atoms with Crippen LogP contribution in [0.15, 0.2) is 30.3 Å². The Hall–Kier alpha value is -2.63. The van der Waals surface area contributed by atoms with Crippen LogP contribution in [0.1, 0.15) is 5.56 Å². The average Bonchev–Trinajstić information content (AvgIpc) is 2.68. The topological polar surface area (TPSA) is 171 Å². The Morgan fingerprint density at radius 2 is 1.61 bits per heavy atom. The normalized spacial score (nSPS) is 13.7. The Kier molecular flexibility index (Phi) is 9.99. The molecule has 0 spiro atoms. The highest BCUT2D eigenvalue weighted by molar-refractivity contribution is 7.80. The quantitative estimate of drug-likeness (QED) is 0.199. The number of aliphatic carboxylic acids is 1. The Bertz CT molecular complexity index is 687. The molecule has 0 aliphatic carbocycles. The molecule has 154 valence electrons. The van der Waals surface area contributed by atoms with Crippen LogP contribution < -0.4 is 21.7 Å². The summed E-state index contributed by atoms with van der Waals surface area (Å²) in [5, 5.41) is 24.7. The SMILES string of the molecule is NC(Cc1ccccc1)C(=O)NC(CO)C(=O)NC(CS)C(=O)NCC(=O)O. The second-order valence-electron chi connectivity index (χ2n) is 5.90. The highest BCUT2D eigenvalue weighted by atomic mass is 32.1. The molecule has 0 heterocycles. The molecule has 1 aromatic carbocycles. The third-order valence-electron chi connectivity index (χ3n) is 3.68. The van der Waals surface area contributed by atoms with Crippen LogP contribution in [0, 0.1) is 0 Å². The summed E-state index contributed by atoms with van der Waals surface area (Å²) in [5.41, 5.74) is 6.67. The summed E-state index contributed by atoms with van der Waals surface area (Å²) < 4.78 is 0. The van der Waals surface area contributed by atoms with Gasteiger partial charge in [-0.25, -0.2) is 0 Å². The molecule has 0 radical (unpaired) electrons. The van der Waals surface area contributed by atoms with Gasteiger partial charge in [-0.3, -0.25) is 19.2 Å². The Balaban J connectivity index is 2.62. The van der Waals surface area contributed by atoms with Gasteiger partial charge in [0, 0.05) is 5.75 Å². The van der Waals surface area contributed by atoms with Gasteiger partial charge in [0.25, 0.3) is 0 Å². The highest BCUT2D eigenvalue weighted by Gasteiger charge is 2.27. The molecule has 7 N–H and O–H groups in total. The van der Waals surface area contributed by atoms with Crippen LogP contribution >= 0.6 is 12.6 Å². The molecule has 3 atom stereocenters. The maximum Gasteiger partial charge on any atom is 0.322 e. The molecule has 28 heavy (non-hydrogen) atoms. The van der Waals surface area contributed by atoms with Crippen LogP contribution in [0.2, 0.25) is 0 Å². The zero-order chi connectivity index (χ0) is 21.1.